The number of hydrogen-bond acceptors (Lipinski definition) is 6. The SMILES string of the molecule is Cc1ccc(-c2ccc(/C=C3\SC(=O)N(Cc4ccccc4)C3=O)o2)c([N+](=O)[O-])c1. The molecule has 30 heavy (non-hydrogen) atoms. The zero-order chi connectivity index (χ0) is 21.3. The molecule has 1 saturated heterocycles. The highest BCUT2D eigenvalue weighted by Crippen LogP contribution is 2.36. The molecule has 2 aromatic carbocycles. The Morgan fingerprint density at radius 1 is 1.10 bits per heavy atom. The minimum absolute atomic E-state index is 0.0564. The molecule has 1 aliphatic heterocycles. The van der Waals surface area contributed by atoms with Gasteiger partial charge in [-0.25, -0.2) is 0 Å². The molecule has 0 atom stereocenters. The first-order chi connectivity index (χ1) is 14.4. The Bertz CT molecular complexity index is 1180. The quantitative estimate of drug-likeness (QED) is 0.312. The molecule has 0 radical (unpaired) electrons. The number of amides is 2. The second kappa shape index (κ2) is 8.00. The summed E-state index contributed by atoms with van der Waals surface area (Å²) in [6.45, 7) is 1.97. The van der Waals surface area contributed by atoms with Gasteiger partial charge in [-0.15, -0.1) is 0 Å². The van der Waals surface area contributed by atoms with Crippen molar-refractivity contribution in [2.24, 2.45) is 0 Å². The van der Waals surface area contributed by atoms with Gasteiger partial charge in [0.2, 0.25) is 0 Å². The van der Waals surface area contributed by atoms with E-state index in [2.05, 4.69) is 0 Å². The van der Waals surface area contributed by atoms with Gasteiger partial charge in [0.05, 0.1) is 21.9 Å². The number of nitro groups is 1. The lowest BCUT2D eigenvalue weighted by atomic mass is 10.1. The van der Waals surface area contributed by atoms with Gasteiger partial charge in [-0.3, -0.25) is 24.6 Å². The van der Waals surface area contributed by atoms with Crippen LogP contribution in [0.2, 0.25) is 0 Å². The van der Waals surface area contributed by atoms with Crippen LogP contribution in [0.5, 0.6) is 0 Å². The van der Waals surface area contributed by atoms with Crippen LogP contribution < -0.4 is 0 Å². The van der Waals surface area contributed by atoms with Gasteiger partial charge in [0.15, 0.2) is 0 Å². The summed E-state index contributed by atoms with van der Waals surface area (Å²) in [6, 6.07) is 17.3. The Kier molecular flexibility index (Phi) is 5.24. The Morgan fingerprint density at radius 3 is 2.60 bits per heavy atom. The highest BCUT2D eigenvalue weighted by atomic mass is 32.2. The van der Waals surface area contributed by atoms with Gasteiger partial charge in [-0.05, 0) is 48.0 Å². The number of imide groups is 1. The molecule has 150 valence electrons. The van der Waals surface area contributed by atoms with Crippen molar-refractivity contribution < 1.29 is 18.9 Å². The van der Waals surface area contributed by atoms with E-state index in [1.165, 1.54) is 17.0 Å². The van der Waals surface area contributed by atoms with Gasteiger partial charge in [0.25, 0.3) is 16.8 Å². The lowest BCUT2D eigenvalue weighted by molar-refractivity contribution is -0.384. The third-order valence-corrected chi connectivity index (χ3v) is 5.48. The third kappa shape index (κ3) is 3.90. The van der Waals surface area contributed by atoms with Gasteiger partial charge in [-0.2, -0.15) is 0 Å². The molecule has 0 bridgehead atoms. The number of nitrogens with zero attached hydrogens (tertiary/aromatic N) is 2. The molecule has 7 nitrogen and oxygen atoms in total. The van der Waals surface area contributed by atoms with Crippen molar-refractivity contribution in [1.29, 1.82) is 0 Å². The topological polar surface area (TPSA) is 93.7 Å². The van der Waals surface area contributed by atoms with Crippen molar-refractivity contribution in [2.45, 2.75) is 13.5 Å². The number of nitro benzene ring substituents is 1. The summed E-state index contributed by atoms with van der Waals surface area (Å²) < 4.78 is 5.72. The molecule has 1 fully saturated rings. The minimum Gasteiger partial charge on any atom is -0.456 e. The first-order valence-electron chi connectivity index (χ1n) is 9.07. The summed E-state index contributed by atoms with van der Waals surface area (Å²) in [5, 5.41) is 11.0. The zero-order valence-electron chi connectivity index (χ0n) is 15.9. The molecule has 1 aliphatic rings. The maximum absolute atomic E-state index is 12.7. The molecule has 0 aliphatic carbocycles. The molecule has 3 aromatic rings. The number of carbonyl (C=O) groups is 2. The smallest absolute Gasteiger partial charge is 0.293 e. The lowest BCUT2D eigenvalue weighted by Crippen LogP contribution is -2.27. The van der Waals surface area contributed by atoms with Crippen molar-refractivity contribution >= 4 is 34.7 Å². The summed E-state index contributed by atoms with van der Waals surface area (Å²) >= 11 is 0.841. The Balaban J connectivity index is 1.58. The van der Waals surface area contributed by atoms with Gasteiger partial charge in [0.1, 0.15) is 11.5 Å². The van der Waals surface area contributed by atoms with Crippen LogP contribution in [0.3, 0.4) is 0 Å². The number of carbonyl (C=O) groups excluding carboxylic acids is 2. The number of benzene rings is 2. The molecule has 2 heterocycles. The van der Waals surface area contributed by atoms with E-state index in [9.17, 15) is 19.7 Å². The maximum atomic E-state index is 12.7. The van der Waals surface area contributed by atoms with Crippen LogP contribution in [0.25, 0.3) is 17.4 Å². The van der Waals surface area contributed by atoms with Gasteiger partial charge >= 0.3 is 0 Å². The van der Waals surface area contributed by atoms with Gasteiger partial charge < -0.3 is 4.42 Å². The van der Waals surface area contributed by atoms with Crippen LogP contribution in [0, 0.1) is 17.0 Å². The van der Waals surface area contributed by atoms with Gasteiger partial charge in [0, 0.05) is 12.1 Å². The predicted molar refractivity (Wildman–Crippen MR) is 113 cm³/mol. The van der Waals surface area contributed by atoms with Crippen molar-refractivity contribution in [3.8, 4) is 11.3 Å². The van der Waals surface area contributed by atoms with Crippen LogP contribution in [0.4, 0.5) is 10.5 Å². The Labute approximate surface area is 176 Å². The van der Waals surface area contributed by atoms with Crippen LogP contribution in [0.15, 0.2) is 70.0 Å². The largest absolute Gasteiger partial charge is 0.456 e. The van der Waals surface area contributed by atoms with Crippen molar-refractivity contribution in [1.82, 2.24) is 4.90 Å². The van der Waals surface area contributed by atoms with E-state index in [1.807, 2.05) is 30.3 Å². The molecule has 0 N–H and O–H groups in total. The summed E-state index contributed by atoms with van der Waals surface area (Å²) in [7, 11) is 0. The van der Waals surface area contributed by atoms with Crippen molar-refractivity contribution in [3.63, 3.8) is 0 Å². The fraction of sp³-hybridized carbons (Fsp3) is 0.0909. The second-order valence-electron chi connectivity index (χ2n) is 6.73. The van der Waals surface area contributed by atoms with Crippen molar-refractivity contribution in [3.05, 3.63) is 92.6 Å². The fourth-order valence-corrected chi connectivity index (χ4v) is 3.93. The van der Waals surface area contributed by atoms with E-state index in [0.717, 1.165) is 22.9 Å². The minimum atomic E-state index is -0.459. The third-order valence-electron chi connectivity index (χ3n) is 4.57. The predicted octanol–water partition coefficient (Wildman–Crippen LogP) is 5.40. The first kappa shape index (κ1) is 19.7. The van der Waals surface area contributed by atoms with E-state index in [-0.39, 0.29) is 22.4 Å². The average Bonchev–Trinajstić information content (AvgIpc) is 3.29. The number of thioether (sulfide) groups is 1. The van der Waals surface area contributed by atoms with Crippen molar-refractivity contribution in [2.75, 3.05) is 0 Å². The average molecular weight is 420 g/mol. The number of rotatable bonds is 5. The lowest BCUT2D eigenvalue weighted by Gasteiger charge is -2.11. The molecule has 0 unspecified atom stereocenters. The molecule has 0 saturated carbocycles. The van der Waals surface area contributed by atoms with E-state index in [1.54, 1.807) is 31.2 Å². The van der Waals surface area contributed by atoms with E-state index in [0.29, 0.717) is 17.1 Å². The first-order valence-corrected chi connectivity index (χ1v) is 9.88. The number of aryl methyl sites for hydroxylation is 1. The summed E-state index contributed by atoms with van der Waals surface area (Å²) in [5.41, 5.74) is 1.92. The standard InChI is InChI=1S/C22H16N2O5S/c1-14-7-9-17(18(11-14)24(27)28)19-10-8-16(29-19)12-20-21(25)23(22(26)30-20)13-15-5-3-2-4-6-15/h2-12H,13H2,1H3/b20-12-. The van der Waals surface area contributed by atoms with Gasteiger partial charge in [-0.1, -0.05) is 36.4 Å². The van der Waals surface area contributed by atoms with E-state index in [4.69, 9.17) is 4.42 Å². The fourth-order valence-electron chi connectivity index (χ4n) is 3.11. The monoisotopic (exact) mass is 420 g/mol. The summed E-state index contributed by atoms with van der Waals surface area (Å²) in [5.74, 6) is 0.259. The second-order valence-corrected chi connectivity index (χ2v) is 7.73. The van der Waals surface area contributed by atoms with E-state index >= 15 is 0 Å². The molecule has 0 spiro atoms. The molecule has 8 heteroatoms. The number of hydrogen-bond donors (Lipinski definition) is 0. The highest BCUT2D eigenvalue weighted by Gasteiger charge is 2.35. The molecular weight excluding hydrogens is 404 g/mol. The molecule has 4 rings (SSSR count). The number of furan rings is 1. The Hall–Kier alpha value is -3.65. The molecule has 2 amide bonds. The van der Waals surface area contributed by atoms with Crippen LogP contribution in [-0.4, -0.2) is 21.0 Å². The zero-order valence-corrected chi connectivity index (χ0v) is 16.7. The highest BCUT2D eigenvalue weighted by molar-refractivity contribution is 8.18. The molecule has 1 aromatic heterocycles. The Morgan fingerprint density at radius 2 is 1.87 bits per heavy atom. The van der Waals surface area contributed by atoms with Crippen LogP contribution in [0.1, 0.15) is 16.9 Å². The maximum Gasteiger partial charge on any atom is 0.293 e. The summed E-state index contributed by atoms with van der Waals surface area (Å²) in [6.07, 6.45) is 1.49. The molecular formula is C22H16N2O5S. The summed E-state index contributed by atoms with van der Waals surface area (Å²) in [4.78, 5) is 37.3. The van der Waals surface area contributed by atoms with Crippen LogP contribution >= 0.6 is 11.8 Å². The normalized spacial score (nSPS) is 15.2. The van der Waals surface area contributed by atoms with E-state index < -0.39 is 10.8 Å². The van der Waals surface area contributed by atoms with Crippen LogP contribution in [-0.2, 0) is 11.3 Å².